The molecule has 7 nitrogen and oxygen atoms in total. The first-order valence-corrected chi connectivity index (χ1v) is 11.7. The normalized spacial score (nSPS) is 31.8. The van der Waals surface area contributed by atoms with E-state index in [1.54, 1.807) is 0 Å². The Bertz CT molecular complexity index is 986. The van der Waals surface area contributed by atoms with Gasteiger partial charge in [0.05, 0.1) is 11.8 Å². The molecule has 7 atom stereocenters. The molecule has 1 aromatic rings. The minimum atomic E-state index is -1.02. The number of nitrogens with zero attached hydrogens (tertiary/aromatic N) is 1. The van der Waals surface area contributed by atoms with Gasteiger partial charge in [0.2, 0.25) is 11.8 Å². The van der Waals surface area contributed by atoms with Gasteiger partial charge in [-0.15, -0.1) is 0 Å². The van der Waals surface area contributed by atoms with Crippen LogP contribution in [0.25, 0.3) is 0 Å². The van der Waals surface area contributed by atoms with E-state index in [0.717, 1.165) is 17.7 Å². The van der Waals surface area contributed by atoms with Crippen LogP contribution >= 0.6 is 0 Å². The van der Waals surface area contributed by atoms with Crippen LogP contribution in [0.2, 0.25) is 0 Å². The van der Waals surface area contributed by atoms with Gasteiger partial charge in [-0.3, -0.25) is 19.3 Å². The van der Waals surface area contributed by atoms with Crippen LogP contribution in [0.5, 0.6) is 0 Å². The third-order valence-electron chi connectivity index (χ3n) is 7.59. The number of hydrogen-bond acceptors (Lipinski definition) is 5. The lowest BCUT2D eigenvalue weighted by molar-refractivity contribution is -0.160. The third-order valence-corrected chi connectivity index (χ3v) is 7.59. The van der Waals surface area contributed by atoms with Crippen molar-refractivity contribution in [2.45, 2.75) is 38.6 Å². The molecule has 1 aromatic carbocycles. The number of nitrogens with one attached hydrogen (secondary N) is 1. The van der Waals surface area contributed by atoms with Crippen LogP contribution in [0.4, 0.5) is 10.1 Å². The van der Waals surface area contributed by atoms with Crippen molar-refractivity contribution >= 4 is 29.4 Å². The number of esters is 1. The Balaban J connectivity index is 1.27. The summed E-state index contributed by atoms with van der Waals surface area (Å²) in [5.41, 5.74) is 0.371. The number of unbranched alkanes of at least 4 members (excludes halogenated alkanes) is 1. The van der Waals surface area contributed by atoms with Crippen molar-refractivity contribution in [1.82, 2.24) is 4.90 Å². The van der Waals surface area contributed by atoms with Crippen LogP contribution in [0.15, 0.2) is 36.4 Å². The van der Waals surface area contributed by atoms with Crippen LogP contribution in [0.1, 0.15) is 32.6 Å². The molecule has 1 heterocycles. The number of anilines is 1. The van der Waals surface area contributed by atoms with E-state index in [0.29, 0.717) is 30.4 Å². The van der Waals surface area contributed by atoms with E-state index in [4.69, 9.17) is 4.74 Å². The van der Waals surface area contributed by atoms with Crippen LogP contribution < -0.4 is 5.32 Å². The van der Waals surface area contributed by atoms with Crippen LogP contribution in [-0.2, 0) is 23.9 Å². The molecular formula is C25H27FN2O5. The average molecular weight is 454 g/mol. The fourth-order valence-electron chi connectivity index (χ4n) is 6.00. The monoisotopic (exact) mass is 454 g/mol. The molecule has 0 unspecified atom stereocenters. The summed E-state index contributed by atoms with van der Waals surface area (Å²) < 4.78 is 18.3. The molecule has 0 radical (unpaired) electrons. The molecule has 0 spiro atoms. The number of rotatable bonds is 8. The molecule has 33 heavy (non-hydrogen) atoms. The molecule has 8 heteroatoms. The maximum Gasteiger partial charge on any atom is 0.329 e. The fraction of sp³-hybridized carbons (Fsp3) is 0.520. The van der Waals surface area contributed by atoms with Crippen LogP contribution in [0, 0.1) is 41.3 Å². The van der Waals surface area contributed by atoms with E-state index in [-0.39, 0.29) is 35.5 Å². The summed E-state index contributed by atoms with van der Waals surface area (Å²) in [4.78, 5) is 53.1. The minimum absolute atomic E-state index is 0.0794. The SMILES string of the molecule is CCCC[C@@H](C(=O)OCC(=O)Nc1ccc(F)cc1)N1C(=O)[C@H]2[C@@H]3C=C[C@H]([C@@H]4C[C@H]34)[C@@H]2C1=O. The van der Waals surface area contributed by atoms with Crippen molar-refractivity contribution < 1.29 is 28.3 Å². The molecule has 4 aliphatic carbocycles. The van der Waals surface area contributed by atoms with Crippen molar-refractivity contribution in [2.24, 2.45) is 35.5 Å². The fourth-order valence-corrected chi connectivity index (χ4v) is 6.00. The number of carbonyl (C=O) groups excluding carboxylic acids is 4. The maximum atomic E-state index is 13.4. The predicted molar refractivity (Wildman–Crippen MR) is 116 cm³/mol. The van der Waals surface area contributed by atoms with Crippen molar-refractivity contribution in [1.29, 1.82) is 0 Å². The zero-order chi connectivity index (χ0) is 23.3. The number of hydrogen-bond donors (Lipinski definition) is 1. The number of ether oxygens (including phenoxy) is 1. The quantitative estimate of drug-likeness (QED) is 0.370. The number of halogens is 1. The molecule has 3 fully saturated rings. The van der Waals surface area contributed by atoms with Gasteiger partial charge in [-0.1, -0.05) is 31.9 Å². The Morgan fingerprint density at radius 3 is 2.27 bits per heavy atom. The number of imide groups is 1. The first kappa shape index (κ1) is 21.8. The molecule has 0 aromatic heterocycles. The summed E-state index contributed by atoms with van der Waals surface area (Å²) in [7, 11) is 0. The zero-order valence-corrected chi connectivity index (χ0v) is 18.4. The van der Waals surface area contributed by atoms with E-state index in [2.05, 4.69) is 17.5 Å². The standard InChI is InChI=1S/C25H27FN2O5/c1-2-3-4-19(25(32)33-12-20(29)27-14-7-5-13(26)6-8-14)28-23(30)21-15-9-10-16(18-11-17(15)18)22(21)24(28)31/h5-10,15-19,21-22H,2-4,11-12H2,1H3,(H,27,29)/t15-,16-,17-,18+,19+,21+,22+/m1/s1. The predicted octanol–water partition coefficient (Wildman–Crippen LogP) is 2.92. The second-order valence-electron chi connectivity index (χ2n) is 9.52. The first-order valence-electron chi connectivity index (χ1n) is 11.7. The topological polar surface area (TPSA) is 92.8 Å². The number of benzene rings is 1. The lowest BCUT2D eigenvalue weighted by atomic mass is 9.63. The Kier molecular flexibility index (Phi) is 5.54. The van der Waals surface area contributed by atoms with Gasteiger partial charge in [0.1, 0.15) is 11.9 Å². The second-order valence-corrected chi connectivity index (χ2v) is 9.52. The molecule has 3 amide bonds. The highest BCUT2D eigenvalue weighted by Crippen LogP contribution is 2.65. The van der Waals surface area contributed by atoms with Gasteiger partial charge in [-0.2, -0.15) is 0 Å². The average Bonchev–Trinajstić information content (AvgIpc) is 3.59. The van der Waals surface area contributed by atoms with Gasteiger partial charge >= 0.3 is 5.97 Å². The zero-order valence-electron chi connectivity index (χ0n) is 18.4. The molecule has 2 saturated carbocycles. The third kappa shape index (κ3) is 3.75. The second kappa shape index (κ2) is 8.39. The Morgan fingerprint density at radius 1 is 1.09 bits per heavy atom. The van der Waals surface area contributed by atoms with E-state index < -0.39 is 30.3 Å². The number of likely N-dealkylation sites (tertiary alicyclic amines) is 1. The van der Waals surface area contributed by atoms with E-state index in [1.165, 1.54) is 24.3 Å². The van der Waals surface area contributed by atoms with Crippen LogP contribution in [-0.4, -0.2) is 41.2 Å². The van der Waals surface area contributed by atoms with Gasteiger partial charge in [0, 0.05) is 5.69 Å². The number of allylic oxidation sites excluding steroid dienone is 2. The smallest absolute Gasteiger partial charge is 0.329 e. The molecule has 5 aliphatic rings. The highest BCUT2D eigenvalue weighted by Gasteiger charge is 2.67. The van der Waals surface area contributed by atoms with Crippen molar-refractivity contribution in [2.75, 3.05) is 11.9 Å². The summed E-state index contributed by atoms with van der Waals surface area (Å²) in [5, 5.41) is 2.53. The lowest BCUT2D eigenvalue weighted by Crippen LogP contribution is -2.47. The summed E-state index contributed by atoms with van der Waals surface area (Å²) in [6, 6.07) is 4.19. The summed E-state index contributed by atoms with van der Waals surface area (Å²) >= 11 is 0. The number of amides is 3. The Labute approximate surface area is 191 Å². The minimum Gasteiger partial charge on any atom is -0.454 e. The Morgan fingerprint density at radius 2 is 1.70 bits per heavy atom. The van der Waals surface area contributed by atoms with E-state index in [9.17, 15) is 23.6 Å². The van der Waals surface area contributed by atoms with Gasteiger partial charge in [0.25, 0.3) is 5.91 Å². The summed E-state index contributed by atoms with van der Waals surface area (Å²) in [6.45, 7) is 1.41. The largest absolute Gasteiger partial charge is 0.454 e. The maximum absolute atomic E-state index is 13.4. The molecule has 1 aliphatic heterocycles. The molecule has 1 saturated heterocycles. The van der Waals surface area contributed by atoms with Gasteiger partial charge in [0.15, 0.2) is 6.61 Å². The number of carbonyl (C=O) groups is 4. The molecule has 1 N–H and O–H groups in total. The lowest BCUT2D eigenvalue weighted by Gasteiger charge is -2.37. The molecular weight excluding hydrogens is 427 g/mol. The van der Waals surface area contributed by atoms with Gasteiger partial charge in [-0.25, -0.2) is 9.18 Å². The Hall–Kier alpha value is -3.03. The van der Waals surface area contributed by atoms with E-state index in [1.807, 2.05) is 6.92 Å². The summed E-state index contributed by atoms with van der Waals surface area (Å²) in [6.07, 6.45) is 6.99. The van der Waals surface area contributed by atoms with Gasteiger partial charge < -0.3 is 10.1 Å². The highest BCUT2D eigenvalue weighted by molar-refractivity contribution is 6.09. The van der Waals surface area contributed by atoms with Crippen LogP contribution in [0.3, 0.4) is 0 Å². The highest BCUT2D eigenvalue weighted by atomic mass is 19.1. The van der Waals surface area contributed by atoms with E-state index >= 15 is 0 Å². The summed E-state index contributed by atoms with van der Waals surface area (Å²) in [5.74, 6) is -1.95. The van der Waals surface area contributed by atoms with Crippen molar-refractivity contribution in [3.63, 3.8) is 0 Å². The van der Waals surface area contributed by atoms with Crippen molar-refractivity contribution in [3.8, 4) is 0 Å². The molecule has 6 rings (SSSR count). The molecule has 174 valence electrons. The van der Waals surface area contributed by atoms with Crippen molar-refractivity contribution in [3.05, 3.63) is 42.2 Å². The molecule has 2 bridgehead atoms. The first-order chi connectivity index (χ1) is 15.9. The van der Waals surface area contributed by atoms with Gasteiger partial charge in [-0.05, 0) is 60.8 Å².